The van der Waals surface area contributed by atoms with E-state index >= 15 is 0 Å². The Morgan fingerprint density at radius 3 is 2.35 bits per heavy atom. The number of hydrogen-bond donors (Lipinski definition) is 1. The molecule has 2 fully saturated rings. The first kappa shape index (κ1) is 15.3. The maximum absolute atomic E-state index is 12.6. The molecule has 0 saturated carbocycles. The summed E-state index contributed by atoms with van der Waals surface area (Å²) in [7, 11) is 1.38. The third kappa shape index (κ3) is 2.31. The van der Waals surface area contributed by atoms with Crippen molar-refractivity contribution >= 4 is 11.9 Å². The van der Waals surface area contributed by atoms with Crippen LogP contribution in [0.3, 0.4) is 0 Å². The summed E-state index contributed by atoms with van der Waals surface area (Å²) in [6.45, 7) is 6.41. The fourth-order valence-corrected chi connectivity index (χ4v) is 3.30. The third-order valence-corrected chi connectivity index (χ3v) is 4.85. The summed E-state index contributed by atoms with van der Waals surface area (Å²) in [5.41, 5.74) is -1.26. The molecule has 0 aliphatic carbocycles. The minimum absolute atomic E-state index is 0.0190. The molecule has 1 amide bonds. The van der Waals surface area contributed by atoms with Crippen LogP contribution >= 0.6 is 0 Å². The quantitative estimate of drug-likeness (QED) is 0.828. The van der Waals surface area contributed by atoms with Crippen LogP contribution < -0.4 is 0 Å². The number of amides is 1. The van der Waals surface area contributed by atoms with Crippen molar-refractivity contribution < 1.29 is 24.2 Å². The van der Waals surface area contributed by atoms with Crippen LogP contribution in [0.15, 0.2) is 0 Å². The second-order valence-electron chi connectivity index (χ2n) is 5.94. The Kier molecular flexibility index (Phi) is 4.07. The Balaban J connectivity index is 2.10. The standard InChI is InChI=1S/C14H23NO5/c1-8-9(2)20-10(3)11(8)12(16)15-6-5-14(7-15,19-4)13(17)18/h8-11H,5-7H2,1-4H3,(H,17,18). The lowest BCUT2D eigenvalue weighted by atomic mass is 9.88. The van der Waals surface area contributed by atoms with Crippen LogP contribution in [0, 0.1) is 11.8 Å². The molecule has 0 aromatic heterocycles. The van der Waals surface area contributed by atoms with Gasteiger partial charge in [0.05, 0.1) is 24.7 Å². The van der Waals surface area contributed by atoms with Gasteiger partial charge in [-0.2, -0.15) is 0 Å². The second-order valence-corrected chi connectivity index (χ2v) is 5.94. The molecule has 1 N–H and O–H groups in total. The normalized spacial score (nSPS) is 41.1. The van der Waals surface area contributed by atoms with Crippen molar-refractivity contribution in [2.24, 2.45) is 11.8 Å². The van der Waals surface area contributed by atoms with Crippen LogP contribution in [-0.4, -0.2) is 59.9 Å². The van der Waals surface area contributed by atoms with E-state index in [-0.39, 0.29) is 36.5 Å². The van der Waals surface area contributed by atoms with Crippen molar-refractivity contribution in [3.63, 3.8) is 0 Å². The Bertz CT molecular complexity index is 412. The van der Waals surface area contributed by atoms with Gasteiger partial charge in [-0.3, -0.25) is 4.79 Å². The van der Waals surface area contributed by atoms with E-state index in [1.165, 1.54) is 7.11 Å². The number of aliphatic carboxylic acids is 1. The van der Waals surface area contributed by atoms with Gasteiger partial charge in [0.1, 0.15) is 0 Å². The fraction of sp³-hybridized carbons (Fsp3) is 0.857. The van der Waals surface area contributed by atoms with Crippen LogP contribution in [0.4, 0.5) is 0 Å². The lowest BCUT2D eigenvalue weighted by Gasteiger charge is -2.27. The number of hydrogen-bond acceptors (Lipinski definition) is 4. The SMILES string of the molecule is COC1(C(=O)O)CCN(C(=O)C2C(C)OC(C)C2C)C1. The summed E-state index contributed by atoms with van der Waals surface area (Å²) in [6.07, 6.45) is 0.249. The van der Waals surface area contributed by atoms with Crippen LogP contribution in [0.2, 0.25) is 0 Å². The van der Waals surface area contributed by atoms with E-state index in [0.29, 0.717) is 13.0 Å². The first-order chi connectivity index (χ1) is 9.32. The Morgan fingerprint density at radius 1 is 1.30 bits per heavy atom. The summed E-state index contributed by atoms with van der Waals surface area (Å²) in [5, 5.41) is 9.29. The molecular weight excluding hydrogens is 262 g/mol. The molecule has 0 spiro atoms. The fourth-order valence-electron chi connectivity index (χ4n) is 3.30. The van der Waals surface area contributed by atoms with E-state index in [0.717, 1.165) is 0 Å². The highest BCUT2D eigenvalue weighted by Gasteiger charge is 2.50. The zero-order valence-corrected chi connectivity index (χ0v) is 12.5. The van der Waals surface area contributed by atoms with Crippen molar-refractivity contribution in [1.29, 1.82) is 0 Å². The van der Waals surface area contributed by atoms with Crippen LogP contribution in [0.1, 0.15) is 27.2 Å². The highest BCUT2D eigenvalue weighted by atomic mass is 16.5. The zero-order chi connectivity index (χ0) is 15.1. The molecule has 2 saturated heterocycles. The van der Waals surface area contributed by atoms with Gasteiger partial charge in [0, 0.05) is 20.1 Å². The van der Waals surface area contributed by atoms with Crippen molar-refractivity contribution in [2.75, 3.05) is 20.2 Å². The highest BCUT2D eigenvalue weighted by Crippen LogP contribution is 2.35. The smallest absolute Gasteiger partial charge is 0.337 e. The van der Waals surface area contributed by atoms with Gasteiger partial charge < -0.3 is 19.5 Å². The number of ether oxygens (including phenoxy) is 2. The van der Waals surface area contributed by atoms with Crippen LogP contribution in [0.25, 0.3) is 0 Å². The summed E-state index contributed by atoms with van der Waals surface area (Å²) >= 11 is 0. The molecule has 2 aliphatic rings. The van der Waals surface area contributed by atoms with Crippen LogP contribution in [0.5, 0.6) is 0 Å². The number of carbonyl (C=O) groups is 2. The first-order valence-corrected chi connectivity index (χ1v) is 7.05. The number of likely N-dealkylation sites (tertiary alicyclic amines) is 1. The van der Waals surface area contributed by atoms with E-state index < -0.39 is 11.6 Å². The monoisotopic (exact) mass is 285 g/mol. The maximum Gasteiger partial charge on any atom is 0.337 e. The van der Waals surface area contributed by atoms with Crippen molar-refractivity contribution in [3.05, 3.63) is 0 Å². The second kappa shape index (κ2) is 5.33. The van der Waals surface area contributed by atoms with E-state index in [1.54, 1.807) is 4.90 Å². The molecule has 6 nitrogen and oxygen atoms in total. The molecule has 2 rings (SSSR count). The Labute approximate surface area is 119 Å². The van der Waals surface area contributed by atoms with Crippen molar-refractivity contribution in [3.8, 4) is 0 Å². The van der Waals surface area contributed by atoms with E-state index in [1.807, 2.05) is 20.8 Å². The topological polar surface area (TPSA) is 76.1 Å². The molecule has 5 unspecified atom stereocenters. The van der Waals surface area contributed by atoms with Gasteiger partial charge >= 0.3 is 5.97 Å². The third-order valence-electron chi connectivity index (χ3n) is 4.85. The molecular formula is C14H23NO5. The highest BCUT2D eigenvalue weighted by molar-refractivity contribution is 5.84. The van der Waals surface area contributed by atoms with Gasteiger partial charge in [-0.15, -0.1) is 0 Å². The van der Waals surface area contributed by atoms with Gasteiger partial charge in [-0.05, 0) is 19.8 Å². The van der Waals surface area contributed by atoms with Gasteiger partial charge in [0.15, 0.2) is 5.60 Å². The number of carbonyl (C=O) groups excluding carboxylic acids is 1. The summed E-state index contributed by atoms with van der Waals surface area (Å²) in [4.78, 5) is 25.6. The number of rotatable bonds is 3. The summed E-state index contributed by atoms with van der Waals surface area (Å²) < 4.78 is 10.9. The molecule has 5 atom stereocenters. The van der Waals surface area contributed by atoms with E-state index in [4.69, 9.17) is 9.47 Å². The van der Waals surface area contributed by atoms with Crippen molar-refractivity contribution in [1.82, 2.24) is 4.90 Å². The minimum Gasteiger partial charge on any atom is -0.479 e. The molecule has 0 radical (unpaired) electrons. The number of carboxylic acid groups (broad SMARTS) is 1. The average Bonchev–Trinajstić information content (AvgIpc) is 2.93. The largest absolute Gasteiger partial charge is 0.479 e. The van der Waals surface area contributed by atoms with Gasteiger partial charge in [0.2, 0.25) is 5.91 Å². The average molecular weight is 285 g/mol. The predicted molar refractivity (Wildman–Crippen MR) is 71.2 cm³/mol. The van der Waals surface area contributed by atoms with E-state index in [9.17, 15) is 14.7 Å². The van der Waals surface area contributed by atoms with Gasteiger partial charge in [0.25, 0.3) is 0 Å². The summed E-state index contributed by atoms with van der Waals surface area (Å²) in [6, 6.07) is 0. The molecule has 2 aliphatic heterocycles. The number of carboxylic acids is 1. The molecule has 0 aromatic carbocycles. The minimum atomic E-state index is -1.26. The van der Waals surface area contributed by atoms with Crippen LogP contribution in [-0.2, 0) is 19.1 Å². The Morgan fingerprint density at radius 2 is 1.95 bits per heavy atom. The Hall–Kier alpha value is -1.14. The first-order valence-electron chi connectivity index (χ1n) is 7.05. The molecule has 2 heterocycles. The molecule has 114 valence electrons. The predicted octanol–water partition coefficient (Wildman–Crippen LogP) is 0.748. The number of methoxy groups -OCH3 is 1. The molecule has 0 bridgehead atoms. The van der Waals surface area contributed by atoms with Gasteiger partial charge in [-0.1, -0.05) is 6.92 Å². The zero-order valence-electron chi connectivity index (χ0n) is 12.5. The lowest BCUT2D eigenvalue weighted by Crippen LogP contribution is -2.46. The van der Waals surface area contributed by atoms with E-state index in [2.05, 4.69) is 0 Å². The van der Waals surface area contributed by atoms with Gasteiger partial charge in [-0.25, -0.2) is 4.79 Å². The molecule has 20 heavy (non-hydrogen) atoms. The summed E-state index contributed by atoms with van der Waals surface area (Å²) in [5.74, 6) is -1.09. The molecule has 6 heteroatoms. The lowest BCUT2D eigenvalue weighted by molar-refractivity contribution is -0.161. The number of nitrogens with zero attached hydrogens (tertiary/aromatic N) is 1. The molecule has 0 aromatic rings. The van der Waals surface area contributed by atoms with Crippen molar-refractivity contribution in [2.45, 2.75) is 45.0 Å². The maximum atomic E-state index is 12.6.